The second-order valence-corrected chi connectivity index (χ2v) is 6.27. The highest BCUT2D eigenvalue weighted by Crippen LogP contribution is 2.31. The second-order valence-electron chi connectivity index (χ2n) is 5.41. The first-order chi connectivity index (χ1) is 11.7. The van der Waals surface area contributed by atoms with Crippen LogP contribution >= 0.6 is 11.3 Å². The average molecular weight is 334 g/mol. The van der Waals surface area contributed by atoms with Gasteiger partial charge >= 0.3 is 0 Å². The van der Waals surface area contributed by atoms with Gasteiger partial charge in [-0.25, -0.2) is 4.98 Å². The first kappa shape index (κ1) is 14.7. The largest absolute Gasteiger partial charge is 0.469 e. The number of amides is 1. The SMILES string of the molecule is Cc1occc1C(=O)Nc1nc(-c2cccc3ccccc23)cs1. The van der Waals surface area contributed by atoms with Gasteiger partial charge in [0.2, 0.25) is 0 Å². The summed E-state index contributed by atoms with van der Waals surface area (Å²) in [5.74, 6) is 0.387. The van der Waals surface area contributed by atoms with Gasteiger partial charge in [-0.2, -0.15) is 0 Å². The highest BCUT2D eigenvalue weighted by Gasteiger charge is 2.14. The van der Waals surface area contributed by atoms with Gasteiger partial charge in [0.25, 0.3) is 5.91 Å². The highest BCUT2D eigenvalue weighted by molar-refractivity contribution is 7.14. The minimum Gasteiger partial charge on any atom is -0.469 e. The van der Waals surface area contributed by atoms with Crippen LogP contribution in [0, 0.1) is 6.92 Å². The van der Waals surface area contributed by atoms with Crippen molar-refractivity contribution < 1.29 is 9.21 Å². The van der Waals surface area contributed by atoms with E-state index in [0.29, 0.717) is 16.5 Å². The van der Waals surface area contributed by atoms with Crippen molar-refractivity contribution in [3.63, 3.8) is 0 Å². The van der Waals surface area contributed by atoms with Gasteiger partial charge in [-0.3, -0.25) is 10.1 Å². The van der Waals surface area contributed by atoms with Crippen LogP contribution in [0.25, 0.3) is 22.0 Å². The van der Waals surface area contributed by atoms with Crippen molar-refractivity contribution in [1.29, 1.82) is 0 Å². The lowest BCUT2D eigenvalue weighted by Crippen LogP contribution is -2.11. The number of anilines is 1. The van der Waals surface area contributed by atoms with Gasteiger partial charge in [0, 0.05) is 10.9 Å². The molecule has 24 heavy (non-hydrogen) atoms. The van der Waals surface area contributed by atoms with Gasteiger partial charge in [-0.05, 0) is 23.8 Å². The molecule has 5 heteroatoms. The number of aromatic nitrogens is 1. The van der Waals surface area contributed by atoms with Crippen LogP contribution in [0.2, 0.25) is 0 Å². The highest BCUT2D eigenvalue weighted by atomic mass is 32.1. The molecule has 118 valence electrons. The molecule has 0 aliphatic heterocycles. The maximum absolute atomic E-state index is 12.2. The van der Waals surface area contributed by atoms with E-state index in [4.69, 9.17) is 4.42 Å². The van der Waals surface area contributed by atoms with E-state index in [-0.39, 0.29) is 5.91 Å². The van der Waals surface area contributed by atoms with Crippen LogP contribution < -0.4 is 5.32 Å². The molecule has 0 bridgehead atoms. The summed E-state index contributed by atoms with van der Waals surface area (Å²) in [4.78, 5) is 16.8. The van der Waals surface area contributed by atoms with E-state index in [1.54, 1.807) is 13.0 Å². The number of rotatable bonds is 3. The molecule has 2 heterocycles. The third-order valence-electron chi connectivity index (χ3n) is 3.89. The minimum atomic E-state index is -0.208. The normalized spacial score (nSPS) is 10.9. The standard InChI is InChI=1S/C19H14N2O2S/c1-12-14(9-10-23-12)18(22)21-19-20-17(11-24-19)16-8-4-6-13-5-2-3-7-15(13)16/h2-11H,1H3,(H,20,21,22). The molecule has 0 spiro atoms. The summed E-state index contributed by atoms with van der Waals surface area (Å²) in [6, 6.07) is 16.0. The molecule has 0 aliphatic rings. The number of nitrogens with zero attached hydrogens (tertiary/aromatic N) is 1. The van der Waals surface area contributed by atoms with Crippen molar-refractivity contribution in [2.45, 2.75) is 6.92 Å². The van der Waals surface area contributed by atoms with Crippen LogP contribution in [0.15, 0.2) is 64.6 Å². The topological polar surface area (TPSA) is 55.1 Å². The van der Waals surface area contributed by atoms with Crippen molar-refractivity contribution in [3.05, 3.63) is 71.5 Å². The van der Waals surface area contributed by atoms with Crippen molar-refractivity contribution in [2.24, 2.45) is 0 Å². The zero-order valence-electron chi connectivity index (χ0n) is 12.9. The summed E-state index contributed by atoms with van der Waals surface area (Å²) in [5.41, 5.74) is 2.44. The quantitative estimate of drug-likeness (QED) is 0.566. The summed E-state index contributed by atoms with van der Waals surface area (Å²) in [6.45, 7) is 1.76. The third kappa shape index (κ3) is 2.59. The molecule has 4 nitrogen and oxygen atoms in total. The molecule has 2 aromatic heterocycles. The van der Waals surface area contributed by atoms with Gasteiger partial charge in [0.15, 0.2) is 5.13 Å². The van der Waals surface area contributed by atoms with E-state index in [1.165, 1.54) is 23.0 Å². The van der Waals surface area contributed by atoms with Crippen molar-refractivity contribution in [3.8, 4) is 11.3 Å². The molecule has 0 unspecified atom stereocenters. The lowest BCUT2D eigenvalue weighted by Gasteiger charge is -2.03. The third-order valence-corrected chi connectivity index (χ3v) is 4.65. The number of aryl methyl sites for hydroxylation is 1. The average Bonchev–Trinajstić information content (AvgIpc) is 3.23. The molecule has 4 aromatic rings. The molecule has 1 N–H and O–H groups in total. The number of furan rings is 1. The van der Waals surface area contributed by atoms with Crippen molar-refractivity contribution in [1.82, 2.24) is 4.98 Å². The Labute approximate surface area is 142 Å². The predicted molar refractivity (Wildman–Crippen MR) is 96.5 cm³/mol. The fraction of sp³-hybridized carbons (Fsp3) is 0.0526. The van der Waals surface area contributed by atoms with Crippen LogP contribution in [-0.4, -0.2) is 10.9 Å². The molecule has 0 saturated carbocycles. The molecular weight excluding hydrogens is 320 g/mol. The molecular formula is C19H14N2O2S. The number of hydrogen-bond donors (Lipinski definition) is 1. The molecule has 0 aliphatic carbocycles. The summed E-state index contributed by atoms with van der Waals surface area (Å²) in [5, 5.41) is 7.68. The Morgan fingerprint density at radius 1 is 1.12 bits per heavy atom. The zero-order valence-corrected chi connectivity index (χ0v) is 13.8. The maximum atomic E-state index is 12.2. The van der Waals surface area contributed by atoms with E-state index in [2.05, 4.69) is 28.5 Å². The fourth-order valence-electron chi connectivity index (χ4n) is 2.69. The summed E-state index contributed by atoms with van der Waals surface area (Å²) >= 11 is 1.41. The molecule has 0 atom stereocenters. The number of benzene rings is 2. The van der Waals surface area contributed by atoms with Gasteiger partial charge in [0.1, 0.15) is 5.76 Å². The number of hydrogen-bond acceptors (Lipinski definition) is 4. The summed E-state index contributed by atoms with van der Waals surface area (Å²) in [6.07, 6.45) is 1.51. The lowest BCUT2D eigenvalue weighted by molar-refractivity contribution is 0.102. The number of fused-ring (bicyclic) bond motifs is 1. The molecule has 4 rings (SSSR count). The smallest absolute Gasteiger partial charge is 0.260 e. The second kappa shape index (κ2) is 5.94. The molecule has 0 fully saturated rings. The van der Waals surface area contributed by atoms with Crippen LogP contribution in [-0.2, 0) is 0 Å². The Bertz CT molecular complexity index is 1030. The number of carbonyl (C=O) groups excluding carboxylic acids is 1. The van der Waals surface area contributed by atoms with Crippen molar-refractivity contribution in [2.75, 3.05) is 5.32 Å². The van der Waals surface area contributed by atoms with Gasteiger partial charge < -0.3 is 4.42 Å². The van der Waals surface area contributed by atoms with Crippen molar-refractivity contribution >= 4 is 33.1 Å². The Morgan fingerprint density at radius 3 is 2.79 bits per heavy atom. The van der Waals surface area contributed by atoms with E-state index >= 15 is 0 Å². The van der Waals surface area contributed by atoms with Gasteiger partial charge in [0.05, 0.1) is 17.5 Å². The van der Waals surface area contributed by atoms with E-state index in [1.807, 2.05) is 29.6 Å². The van der Waals surface area contributed by atoms with Crippen LogP contribution in [0.5, 0.6) is 0 Å². The fourth-order valence-corrected chi connectivity index (χ4v) is 3.39. The van der Waals surface area contributed by atoms with Crippen LogP contribution in [0.4, 0.5) is 5.13 Å². The number of nitrogens with one attached hydrogen (secondary N) is 1. The Balaban J connectivity index is 1.65. The van der Waals surface area contributed by atoms with E-state index in [9.17, 15) is 4.79 Å². The first-order valence-corrected chi connectivity index (χ1v) is 8.39. The molecule has 2 aromatic carbocycles. The lowest BCUT2D eigenvalue weighted by atomic mass is 10.0. The Morgan fingerprint density at radius 2 is 1.96 bits per heavy atom. The monoisotopic (exact) mass is 334 g/mol. The Kier molecular flexibility index (Phi) is 3.63. The van der Waals surface area contributed by atoms with Crippen LogP contribution in [0.3, 0.4) is 0 Å². The first-order valence-electron chi connectivity index (χ1n) is 7.51. The zero-order chi connectivity index (χ0) is 16.5. The van der Waals surface area contributed by atoms with E-state index in [0.717, 1.165) is 16.6 Å². The maximum Gasteiger partial charge on any atom is 0.260 e. The van der Waals surface area contributed by atoms with Crippen LogP contribution in [0.1, 0.15) is 16.1 Å². The molecule has 0 saturated heterocycles. The number of thiazole rings is 1. The van der Waals surface area contributed by atoms with E-state index < -0.39 is 0 Å². The molecule has 0 radical (unpaired) electrons. The predicted octanol–water partition coefficient (Wildman–Crippen LogP) is 5.12. The summed E-state index contributed by atoms with van der Waals surface area (Å²) < 4.78 is 5.17. The summed E-state index contributed by atoms with van der Waals surface area (Å²) in [7, 11) is 0. The van der Waals surface area contributed by atoms with Gasteiger partial charge in [-0.1, -0.05) is 42.5 Å². The Hall–Kier alpha value is -2.92. The molecule has 1 amide bonds. The van der Waals surface area contributed by atoms with Gasteiger partial charge in [-0.15, -0.1) is 11.3 Å². The number of carbonyl (C=O) groups is 1. The minimum absolute atomic E-state index is 0.208.